The van der Waals surface area contributed by atoms with Crippen molar-refractivity contribution >= 4 is 21.7 Å². The summed E-state index contributed by atoms with van der Waals surface area (Å²) in [7, 11) is 0. The van der Waals surface area contributed by atoms with E-state index >= 15 is 0 Å². The highest BCUT2D eigenvalue weighted by atomic mass is 14.9. The molecule has 9 rings (SSSR count). The standard InChI is InChI=1S/C47H31N3/c1-4-14-34(15-5-1)43-31-44(50-47(49-43)36-18-8-3-9-19-36)38-21-12-20-37(30-38)32-26-28-33(29-27-32)39-23-13-24-41-45(39)40-22-10-11-25-42(40)48-46(41)35-16-6-2-7-17-35/h1-31H. The fourth-order valence-electron chi connectivity index (χ4n) is 6.83. The maximum Gasteiger partial charge on any atom is 0.160 e. The molecule has 0 aliphatic carbocycles. The van der Waals surface area contributed by atoms with E-state index in [0.717, 1.165) is 66.8 Å². The van der Waals surface area contributed by atoms with Gasteiger partial charge in [0.1, 0.15) is 0 Å². The summed E-state index contributed by atoms with van der Waals surface area (Å²) in [5.41, 5.74) is 12.7. The minimum atomic E-state index is 0.713. The van der Waals surface area contributed by atoms with E-state index in [1.807, 2.05) is 42.5 Å². The molecule has 0 atom stereocenters. The van der Waals surface area contributed by atoms with Crippen molar-refractivity contribution in [2.24, 2.45) is 0 Å². The molecule has 0 aliphatic rings. The summed E-state index contributed by atoms with van der Waals surface area (Å²) in [5.74, 6) is 0.713. The smallest absolute Gasteiger partial charge is 0.160 e. The van der Waals surface area contributed by atoms with E-state index in [1.54, 1.807) is 0 Å². The van der Waals surface area contributed by atoms with Crippen LogP contribution in [0.2, 0.25) is 0 Å². The summed E-state index contributed by atoms with van der Waals surface area (Å²) in [6, 6.07) is 65.6. The van der Waals surface area contributed by atoms with Gasteiger partial charge < -0.3 is 0 Å². The Labute approximate surface area is 291 Å². The second kappa shape index (κ2) is 12.7. The molecule has 50 heavy (non-hydrogen) atoms. The van der Waals surface area contributed by atoms with Crippen molar-refractivity contribution in [2.45, 2.75) is 0 Å². The minimum Gasteiger partial charge on any atom is -0.247 e. The molecule has 0 amide bonds. The third-order valence-electron chi connectivity index (χ3n) is 9.29. The van der Waals surface area contributed by atoms with E-state index in [9.17, 15) is 0 Å². The number of fused-ring (bicyclic) bond motifs is 3. The van der Waals surface area contributed by atoms with Gasteiger partial charge in [-0.1, -0.05) is 170 Å². The highest BCUT2D eigenvalue weighted by Crippen LogP contribution is 2.39. The summed E-state index contributed by atoms with van der Waals surface area (Å²) in [4.78, 5) is 15.2. The van der Waals surface area contributed by atoms with Gasteiger partial charge in [0.25, 0.3) is 0 Å². The first-order valence-corrected chi connectivity index (χ1v) is 16.9. The van der Waals surface area contributed by atoms with Crippen molar-refractivity contribution in [3.63, 3.8) is 0 Å². The Balaban J connectivity index is 1.12. The molecule has 0 spiro atoms. The van der Waals surface area contributed by atoms with Crippen molar-refractivity contribution in [2.75, 3.05) is 0 Å². The maximum atomic E-state index is 5.13. The number of hydrogen-bond acceptors (Lipinski definition) is 3. The van der Waals surface area contributed by atoms with Gasteiger partial charge in [0.2, 0.25) is 0 Å². The summed E-state index contributed by atoms with van der Waals surface area (Å²) in [6.07, 6.45) is 0. The van der Waals surface area contributed by atoms with Crippen LogP contribution in [-0.4, -0.2) is 15.0 Å². The van der Waals surface area contributed by atoms with E-state index in [2.05, 4.69) is 146 Å². The molecule has 9 aromatic rings. The zero-order chi connectivity index (χ0) is 33.3. The molecule has 2 heterocycles. The van der Waals surface area contributed by atoms with E-state index in [-0.39, 0.29) is 0 Å². The number of benzene rings is 7. The molecule has 3 nitrogen and oxygen atoms in total. The largest absolute Gasteiger partial charge is 0.247 e. The fraction of sp³-hybridized carbons (Fsp3) is 0. The number of para-hydroxylation sites is 1. The van der Waals surface area contributed by atoms with Crippen molar-refractivity contribution in [3.8, 4) is 67.4 Å². The van der Waals surface area contributed by atoms with Crippen molar-refractivity contribution in [1.29, 1.82) is 0 Å². The zero-order valence-corrected chi connectivity index (χ0v) is 27.2. The molecule has 2 aromatic heterocycles. The average molecular weight is 638 g/mol. The Bertz CT molecular complexity index is 2560. The van der Waals surface area contributed by atoms with Gasteiger partial charge in [0.15, 0.2) is 5.82 Å². The highest BCUT2D eigenvalue weighted by molar-refractivity contribution is 6.17. The van der Waals surface area contributed by atoms with Gasteiger partial charge in [-0.25, -0.2) is 15.0 Å². The quantitative estimate of drug-likeness (QED) is 0.170. The SMILES string of the molecule is c1ccc(-c2cc(-c3cccc(-c4ccc(-c5cccc6c(-c7ccccc7)nc7ccccc7c56)cc4)c3)nc(-c3ccccc3)n2)cc1. The first-order chi connectivity index (χ1) is 24.8. The van der Waals surface area contributed by atoms with E-state index in [1.165, 1.54) is 16.5 Å². The van der Waals surface area contributed by atoms with Crippen LogP contribution in [0.25, 0.3) is 89.1 Å². The van der Waals surface area contributed by atoms with Crippen LogP contribution in [-0.2, 0) is 0 Å². The Morgan fingerprint density at radius 3 is 1.58 bits per heavy atom. The van der Waals surface area contributed by atoms with Crippen LogP contribution >= 0.6 is 0 Å². The fourth-order valence-corrected chi connectivity index (χ4v) is 6.83. The lowest BCUT2D eigenvalue weighted by atomic mass is 9.92. The van der Waals surface area contributed by atoms with Crippen LogP contribution in [0.1, 0.15) is 0 Å². The molecule has 3 heteroatoms. The van der Waals surface area contributed by atoms with E-state index < -0.39 is 0 Å². The van der Waals surface area contributed by atoms with Crippen LogP contribution in [0, 0.1) is 0 Å². The Morgan fingerprint density at radius 2 is 0.840 bits per heavy atom. The number of pyridine rings is 1. The van der Waals surface area contributed by atoms with Gasteiger partial charge in [-0.15, -0.1) is 0 Å². The zero-order valence-electron chi connectivity index (χ0n) is 27.2. The van der Waals surface area contributed by atoms with Gasteiger partial charge in [-0.2, -0.15) is 0 Å². The Morgan fingerprint density at radius 1 is 0.300 bits per heavy atom. The van der Waals surface area contributed by atoms with Crippen molar-refractivity contribution in [3.05, 3.63) is 188 Å². The van der Waals surface area contributed by atoms with Gasteiger partial charge in [-0.3, -0.25) is 0 Å². The molecule has 0 fully saturated rings. The summed E-state index contributed by atoms with van der Waals surface area (Å²) in [5, 5.41) is 3.53. The molecule has 0 unspecified atom stereocenters. The lowest BCUT2D eigenvalue weighted by Crippen LogP contribution is -1.96. The molecule has 0 aliphatic heterocycles. The van der Waals surface area contributed by atoms with Gasteiger partial charge in [-0.05, 0) is 40.5 Å². The van der Waals surface area contributed by atoms with Crippen molar-refractivity contribution < 1.29 is 0 Å². The predicted octanol–water partition coefficient (Wildman–Crippen LogP) is 12.2. The minimum absolute atomic E-state index is 0.713. The average Bonchev–Trinajstić information content (AvgIpc) is 3.21. The van der Waals surface area contributed by atoms with Crippen molar-refractivity contribution in [1.82, 2.24) is 15.0 Å². The van der Waals surface area contributed by atoms with Crippen LogP contribution in [0.5, 0.6) is 0 Å². The van der Waals surface area contributed by atoms with Crippen LogP contribution in [0.15, 0.2) is 188 Å². The predicted molar refractivity (Wildman–Crippen MR) is 207 cm³/mol. The molecule has 7 aromatic carbocycles. The molecule has 0 bridgehead atoms. The molecule has 0 N–H and O–H groups in total. The van der Waals surface area contributed by atoms with Crippen LogP contribution in [0.3, 0.4) is 0 Å². The monoisotopic (exact) mass is 637 g/mol. The molecular weight excluding hydrogens is 607 g/mol. The van der Waals surface area contributed by atoms with Gasteiger partial charge >= 0.3 is 0 Å². The molecular formula is C47H31N3. The van der Waals surface area contributed by atoms with E-state index in [4.69, 9.17) is 15.0 Å². The molecule has 0 saturated heterocycles. The van der Waals surface area contributed by atoms with Crippen LogP contribution in [0.4, 0.5) is 0 Å². The van der Waals surface area contributed by atoms with Gasteiger partial charge in [0.05, 0.1) is 22.6 Å². The summed E-state index contributed by atoms with van der Waals surface area (Å²) < 4.78 is 0. The number of rotatable bonds is 6. The normalized spacial score (nSPS) is 11.2. The molecule has 234 valence electrons. The lowest BCUT2D eigenvalue weighted by molar-refractivity contribution is 1.18. The van der Waals surface area contributed by atoms with E-state index in [0.29, 0.717) is 5.82 Å². The topological polar surface area (TPSA) is 38.7 Å². The second-order valence-electron chi connectivity index (χ2n) is 12.4. The third kappa shape index (κ3) is 5.51. The lowest BCUT2D eigenvalue weighted by Gasteiger charge is -2.14. The molecule has 0 saturated carbocycles. The summed E-state index contributed by atoms with van der Waals surface area (Å²) in [6.45, 7) is 0. The molecule has 0 radical (unpaired) electrons. The highest BCUT2D eigenvalue weighted by Gasteiger charge is 2.15. The second-order valence-corrected chi connectivity index (χ2v) is 12.4. The maximum absolute atomic E-state index is 5.13. The van der Waals surface area contributed by atoms with Gasteiger partial charge in [0, 0.05) is 38.4 Å². The number of nitrogens with zero attached hydrogens (tertiary/aromatic N) is 3. The third-order valence-corrected chi connectivity index (χ3v) is 9.29. The summed E-state index contributed by atoms with van der Waals surface area (Å²) >= 11 is 0. The first-order valence-electron chi connectivity index (χ1n) is 16.9. The Hall–Kier alpha value is -6.71. The first kappa shape index (κ1) is 29.4. The number of aromatic nitrogens is 3. The Kier molecular flexibility index (Phi) is 7.49. The number of hydrogen-bond donors (Lipinski definition) is 0. The van der Waals surface area contributed by atoms with Crippen LogP contribution < -0.4 is 0 Å².